The summed E-state index contributed by atoms with van der Waals surface area (Å²) >= 11 is 0. The molecule has 3 aliphatic rings. The number of halogens is 1. The van der Waals surface area contributed by atoms with Crippen molar-refractivity contribution in [3.05, 3.63) is 83.4 Å². The number of amides is 1. The number of nitrogens with zero attached hydrogens (tertiary/aromatic N) is 3. The molecule has 1 spiro atoms. The molecule has 1 aromatic heterocycles. The van der Waals surface area contributed by atoms with Crippen LogP contribution in [0.25, 0.3) is 16.7 Å². The van der Waals surface area contributed by atoms with Crippen LogP contribution in [-0.2, 0) is 15.1 Å². The third-order valence-electron chi connectivity index (χ3n) is 6.60. The number of likely N-dealkylation sites (N-methyl/N-ethyl adjacent to an activating group) is 1. The standard InChI is InChI=1S/C26H21FN4O3/c1-31-24(32)26(30-25(31)28)19-13-16(15-8-11-33-12-9-15)4-6-21(19)34-22-7-5-17(14-20(22)26)18-3-2-10-29-23(18)27/h2-8,10,13-14H,9,11-12H2,1H3,(H2,28,30). The summed E-state index contributed by atoms with van der Waals surface area (Å²) in [4.78, 5) is 23.6. The number of nitrogens with two attached hydrogens (primary N) is 1. The number of pyridine rings is 1. The number of aromatic nitrogens is 1. The van der Waals surface area contributed by atoms with Gasteiger partial charge < -0.3 is 15.2 Å². The monoisotopic (exact) mass is 456 g/mol. The lowest BCUT2D eigenvalue weighted by Crippen LogP contribution is -2.42. The van der Waals surface area contributed by atoms with Gasteiger partial charge in [-0.05, 0) is 59.5 Å². The quantitative estimate of drug-likeness (QED) is 0.592. The third kappa shape index (κ3) is 2.88. The van der Waals surface area contributed by atoms with Crippen molar-refractivity contribution in [1.29, 1.82) is 0 Å². The van der Waals surface area contributed by atoms with Crippen LogP contribution in [0.15, 0.2) is 65.8 Å². The van der Waals surface area contributed by atoms with Gasteiger partial charge in [-0.1, -0.05) is 18.2 Å². The smallest absolute Gasteiger partial charge is 0.266 e. The predicted molar refractivity (Wildman–Crippen MR) is 125 cm³/mol. The highest BCUT2D eigenvalue weighted by atomic mass is 19.1. The maximum Gasteiger partial charge on any atom is 0.266 e. The van der Waals surface area contributed by atoms with Crippen molar-refractivity contribution >= 4 is 17.4 Å². The van der Waals surface area contributed by atoms with E-state index in [2.05, 4.69) is 4.98 Å². The fourth-order valence-electron chi connectivity index (χ4n) is 4.82. The van der Waals surface area contributed by atoms with E-state index in [0.29, 0.717) is 47.0 Å². The van der Waals surface area contributed by atoms with Crippen LogP contribution in [-0.4, -0.2) is 42.0 Å². The summed E-state index contributed by atoms with van der Waals surface area (Å²) in [5, 5.41) is 0. The molecular formula is C26H21FN4O3. The average molecular weight is 456 g/mol. The van der Waals surface area contributed by atoms with Gasteiger partial charge in [-0.2, -0.15) is 4.39 Å². The number of benzene rings is 2. The van der Waals surface area contributed by atoms with E-state index in [9.17, 15) is 9.18 Å². The summed E-state index contributed by atoms with van der Waals surface area (Å²) in [6, 6.07) is 14.3. The van der Waals surface area contributed by atoms with Crippen LogP contribution in [0.1, 0.15) is 23.1 Å². The van der Waals surface area contributed by atoms with Crippen LogP contribution < -0.4 is 10.5 Å². The van der Waals surface area contributed by atoms with Crippen LogP contribution >= 0.6 is 0 Å². The van der Waals surface area contributed by atoms with Gasteiger partial charge in [-0.15, -0.1) is 0 Å². The van der Waals surface area contributed by atoms with Gasteiger partial charge in [0.05, 0.1) is 13.2 Å². The number of rotatable bonds is 2. The van der Waals surface area contributed by atoms with Gasteiger partial charge in [-0.25, -0.2) is 9.98 Å². The van der Waals surface area contributed by atoms with Crippen LogP contribution in [0.5, 0.6) is 11.5 Å². The molecule has 8 heteroatoms. The second-order valence-electron chi connectivity index (χ2n) is 8.46. The highest BCUT2D eigenvalue weighted by Crippen LogP contribution is 2.53. The lowest BCUT2D eigenvalue weighted by atomic mass is 9.78. The first kappa shape index (κ1) is 20.6. The van der Waals surface area contributed by atoms with Crippen molar-refractivity contribution < 1.29 is 18.7 Å². The fraction of sp³-hybridized carbons (Fsp3) is 0.192. The lowest BCUT2D eigenvalue weighted by molar-refractivity contribution is -0.129. The highest BCUT2D eigenvalue weighted by molar-refractivity contribution is 6.10. The number of hydrogen-bond acceptors (Lipinski definition) is 6. The second-order valence-corrected chi connectivity index (χ2v) is 8.46. The largest absolute Gasteiger partial charge is 0.457 e. The number of guanidine groups is 1. The molecule has 0 radical (unpaired) electrons. The van der Waals surface area contributed by atoms with E-state index in [0.717, 1.165) is 17.6 Å². The van der Waals surface area contributed by atoms with Gasteiger partial charge in [0, 0.05) is 29.9 Å². The second kappa shape index (κ2) is 7.50. The SMILES string of the molecule is CN1C(=O)C2(N=C1N)c1cc(C3=CCOCC3)ccc1Oc1ccc(-c3cccnc3F)cc12. The first-order valence-electron chi connectivity index (χ1n) is 11.0. The molecule has 0 aliphatic carbocycles. The molecule has 34 heavy (non-hydrogen) atoms. The minimum Gasteiger partial charge on any atom is -0.457 e. The van der Waals surface area contributed by atoms with Gasteiger partial charge in [-0.3, -0.25) is 9.69 Å². The number of carbonyl (C=O) groups is 1. The van der Waals surface area contributed by atoms with Gasteiger partial charge in [0.25, 0.3) is 5.91 Å². The minimum atomic E-state index is -1.43. The number of aliphatic imine (C=N–C) groups is 1. The van der Waals surface area contributed by atoms with Crippen LogP contribution in [0.2, 0.25) is 0 Å². The molecule has 0 saturated heterocycles. The van der Waals surface area contributed by atoms with E-state index < -0.39 is 11.5 Å². The van der Waals surface area contributed by atoms with Crippen LogP contribution in [0.4, 0.5) is 4.39 Å². The summed E-state index contributed by atoms with van der Waals surface area (Å²) in [6.07, 6.45) is 4.21. The van der Waals surface area contributed by atoms with Crippen LogP contribution in [0, 0.1) is 5.95 Å². The van der Waals surface area contributed by atoms with Crippen molar-refractivity contribution in [2.75, 3.05) is 20.3 Å². The molecule has 6 rings (SSSR count). The molecule has 3 aliphatic heterocycles. The van der Waals surface area contributed by atoms with Crippen molar-refractivity contribution in [2.24, 2.45) is 10.7 Å². The first-order chi connectivity index (χ1) is 16.5. The summed E-state index contributed by atoms with van der Waals surface area (Å²) in [6.45, 7) is 1.18. The first-order valence-corrected chi connectivity index (χ1v) is 11.0. The normalized spacial score (nSPS) is 21.0. The van der Waals surface area contributed by atoms with E-state index in [-0.39, 0.29) is 11.9 Å². The van der Waals surface area contributed by atoms with E-state index >= 15 is 0 Å². The molecule has 2 N–H and O–H groups in total. The summed E-state index contributed by atoms with van der Waals surface area (Å²) in [5.74, 6) is 0.221. The zero-order chi connectivity index (χ0) is 23.4. The Bertz CT molecular complexity index is 1420. The number of ether oxygens (including phenoxy) is 2. The maximum atomic E-state index is 14.5. The Morgan fingerprint density at radius 2 is 1.82 bits per heavy atom. The molecule has 1 atom stereocenters. The van der Waals surface area contributed by atoms with Crippen LogP contribution in [0.3, 0.4) is 0 Å². The average Bonchev–Trinajstić information content (AvgIpc) is 3.09. The van der Waals surface area contributed by atoms with E-state index in [4.69, 9.17) is 20.2 Å². The van der Waals surface area contributed by atoms with Gasteiger partial charge in [0.1, 0.15) is 11.5 Å². The van der Waals surface area contributed by atoms with E-state index in [1.54, 1.807) is 37.4 Å². The van der Waals surface area contributed by atoms with Gasteiger partial charge >= 0.3 is 0 Å². The Morgan fingerprint density at radius 3 is 2.47 bits per heavy atom. The van der Waals surface area contributed by atoms with Gasteiger partial charge in [0.2, 0.25) is 11.5 Å². The molecule has 3 aromatic rings. The number of fused-ring (bicyclic) bond motifs is 4. The molecule has 0 bridgehead atoms. The molecule has 1 amide bonds. The molecule has 4 heterocycles. The molecule has 0 saturated carbocycles. The van der Waals surface area contributed by atoms with Crippen molar-refractivity contribution in [3.63, 3.8) is 0 Å². The van der Waals surface area contributed by atoms with Crippen molar-refractivity contribution in [2.45, 2.75) is 12.0 Å². The molecular weight excluding hydrogens is 435 g/mol. The topological polar surface area (TPSA) is 90.0 Å². The Balaban J connectivity index is 1.59. The summed E-state index contributed by atoms with van der Waals surface area (Å²) in [5.41, 5.74) is 8.83. The predicted octanol–water partition coefficient (Wildman–Crippen LogP) is 3.83. The van der Waals surface area contributed by atoms with Crippen molar-refractivity contribution in [1.82, 2.24) is 9.88 Å². The highest BCUT2D eigenvalue weighted by Gasteiger charge is 2.54. The summed E-state index contributed by atoms with van der Waals surface area (Å²) < 4.78 is 26.2. The molecule has 7 nitrogen and oxygen atoms in total. The van der Waals surface area contributed by atoms with E-state index in [1.807, 2.05) is 24.3 Å². The Labute approximate surface area is 195 Å². The fourth-order valence-corrected chi connectivity index (χ4v) is 4.82. The number of carbonyl (C=O) groups excluding carboxylic acids is 1. The summed E-state index contributed by atoms with van der Waals surface area (Å²) in [7, 11) is 1.60. The third-order valence-corrected chi connectivity index (χ3v) is 6.60. The zero-order valence-electron chi connectivity index (χ0n) is 18.4. The Kier molecular flexibility index (Phi) is 4.53. The molecule has 1 unspecified atom stereocenters. The van der Waals surface area contributed by atoms with E-state index in [1.165, 1.54) is 11.1 Å². The van der Waals surface area contributed by atoms with Gasteiger partial charge in [0.15, 0.2) is 5.96 Å². The zero-order valence-corrected chi connectivity index (χ0v) is 18.4. The lowest BCUT2D eigenvalue weighted by Gasteiger charge is -2.34. The Morgan fingerprint density at radius 1 is 1.09 bits per heavy atom. The van der Waals surface area contributed by atoms with Crippen molar-refractivity contribution in [3.8, 4) is 22.6 Å². The maximum absolute atomic E-state index is 14.5. The molecule has 170 valence electrons. The molecule has 2 aromatic carbocycles. The Hall–Kier alpha value is -4.04. The minimum absolute atomic E-state index is 0.109. The number of hydrogen-bond donors (Lipinski definition) is 1. The molecule has 0 fully saturated rings.